The van der Waals surface area contributed by atoms with Gasteiger partial charge >= 0.3 is 0 Å². The number of hydrogen-bond acceptors (Lipinski definition) is 3. The van der Waals surface area contributed by atoms with Gasteiger partial charge in [0.2, 0.25) is 5.91 Å². The highest BCUT2D eigenvalue weighted by Gasteiger charge is 2.35. The first-order valence-corrected chi connectivity index (χ1v) is 9.14. The van der Waals surface area contributed by atoms with E-state index in [4.69, 9.17) is 10.5 Å². The summed E-state index contributed by atoms with van der Waals surface area (Å²) in [6.07, 6.45) is 8.97. The van der Waals surface area contributed by atoms with E-state index in [1.807, 2.05) is 4.90 Å². The number of nitrogens with two attached hydrogens (primary N) is 1. The summed E-state index contributed by atoms with van der Waals surface area (Å²) in [7, 11) is 0. The molecule has 1 heterocycles. The van der Waals surface area contributed by atoms with Crippen molar-refractivity contribution >= 4 is 5.91 Å². The molecule has 0 bridgehead atoms. The van der Waals surface area contributed by atoms with Crippen molar-refractivity contribution in [3.63, 3.8) is 0 Å². The maximum atomic E-state index is 12.6. The number of amides is 1. The molecule has 1 saturated heterocycles. The monoisotopic (exact) mass is 310 g/mol. The molecule has 0 unspecified atom stereocenters. The lowest BCUT2D eigenvalue weighted by Gasteiger charge is -2.39. The molecule has 2 aliphatic rings. The van der Waals surface area contributed by atoms with Crippen LogP contribution in [-0.4, -0.2) is 43.2 Å². The minimum atomic E-state index is 0.0837. The highest BCUT2D eigenvalue weighted by molar-refractivity contribution is 5.77. The summed E-state index contributed by atoms with van der Waals surface area (Å²) >= 11 is 0. The summed E-state index contributed by atoms with van der Waals surface area (Å²) in [6.45, 7) is 7.54. The van der Waals surface area contributed by atoms with Crippen LogP contribution >= 0.6 is 0 Å². The molecule has 1 aliphatic carbocycles. The van der Waals surface area contributed by atoms with Gasteiger partial charge in [-0.15, -0.1) is 0 Å². The molecule has 0 aromatic rings. The van der Waals surface area contributed by atoms with Crippen molar-refractivity contribution in [3.8, 4) is 0 Å². The molecule has 2 fully saturated rings. The van der Waals surface area contributed by atoms with Gasteiger partial charge in [-0.25, -0.2) is 0 Å². The summed E-state index contributed by atoms with van der Waals surface area (Å²) in [5.41, 5.74) is 6.10. The second kappa shape index (κ2) is 8.30. The number of ether oxygens (including phenoxy) is 1. The van der Waals surface area contributed by atoms with Crippen LogP contribution in [0.15, 0.2) is 0 Å². The molecule has 2 rings (SSSR count). The largest absolute Gasteiger partial charge is 0.378 e. The average molecular weight is 310 g/mol. The smallest absolute Gasteiger partial charge is 0.223 e. The predicted molar refractivity (Wildman–Crippen MR) is 89.6 cm³/mol. The molecular weight excluding hydrogens is 276 g/mol. The molecule has 1 saturated carbocycles. The first-order valence-electron chi connectivity index (χ1n) is 9.14. The normalized spacial score (nSPS) is 23.0. The molecule has 1 aliphatic heterocycles. The van der Waals surface area contributed by atoms with Gasteiger partial charge in [-0.05, 0) is 43.6 Å². The van der Waals surface area contributed by atoms with Crippen molar-refractivity contribution in [2.75, 3.05) is 26.2 Å². The molecule has 0 radical (unpaired) electrons. The molecule has 2 N–H and O–H groups in total. The molecule has 0 atom stereocenters. The number of carbonyl (C=O) groups is 1. The van der Waals surface area contributed by atoms with Crippen molar-refractivity contribution in [1.29, 1.82) is 0 Å². The van der Waals surface area contributed by atoms with Crippen LogP contribution in [0, 0.1) is 11.3 Å². The van der Waals surface area contributed by atoms with Crippen molar-refractivity contribution in [3.05, 3.63) is 0 Å². The van der Waals surface area contributed by atoms with E-state index in [1.165, 1.54) is 19.3 Å². The summed E-state index contributed by atoms with van der Waals surface area (Å²) in [5.74, 6) is 0.894. The lowest BCUT2D eigenvalue weighted by atomic mass is 9.71. The van der Waals surface area contributed by atoms with Crippen molar-refractivity contribution in [2.24, 2.45) is 17.1 Å². The number of hydrogen-bond donors (Lipinski definition) is 1. The number of nitrogens with zero attached hydrogens (tertiary/aromatic N) is 1. The van der Waals surface area contributed by atoms with Gasteiger partial charge in [0.25, 0.3) is 0 Å². The number of carbonyl (C=O) groups excluding carboxylic acids is 1. The zero-order chi connectivity index (χ0) is 16.0. The average Bonchev–Trinajstić information content (AvgIpc) is 2.54. The Kier molecular flexibility index (Phi) is 6.69. The van der Waals surface area contributed by atoms with E-state index in [-0.39, 0.29) is 5.41 Å². The van der Waals surface area contributed by atoms with E-state index in [2.05, 4.69) is 13.8 Å². The molecule has 128 valence electrons. The molecule has 4 heteroatoms. The Morgan fingerprint density at radius 1 is 1.23 bits per heavy atom. The Labute approximate surface area is 135 Å². The zero-order valence-electron chi connectivity index (χ0n) is 14.5. The molecule has 1 amide bonds. The van der Waals surface area contributed by atoms with Gasteiger partial charge in [0.1, 0.15) is 0 Å². The van der Waals surface area contributed by atoms with Gasteiger partial charge in [-0.3, -0.25) is 4.79 Å². The zero-order valence-corrected chi connectivity index (χ0v) is 14.5. The lowest BCUT2D eigenvalue weighted by Crippen LogP contribution is -2.45. The van der Waals surface area contributed by atoms with Crippen LogP contribution in [0.25, 0.3) is 0 Å². The van der Waals surface area contributed by atoms with Crippen LogP contribution < -0.4 is 5.73 Å². The Balaban J connectivity index is 1.77. The first kappa shape index (κ1) is 17.7. The highest BCUT2D eigenvalue weighted by Crippen LogP contribution is 2.39. The fraction of sp³-hybridized carbons (Fsp3) is 0.944. The minimum Gasteiger partial charge on any atom is -0.378 e. The van der Waals surface area contributed by atoms with Crippen molar-refractivity contribution < 1.29 is 9.53 Å². The first-order chi connectivity index (χ1) is 10.5. The Morgan fingerprint density at radius 2 is 1.86 bits per heavy atom. The van der Waals surface area contributed by atoms with Crippen molar-refractivity contribution in [1.82, 2.24) is 4.90 Å². The van der Waals surface area contributed by atoms with E-state index in [0.717, 1.165) is 45.4 Å². The van der Waals surface area contributed by atoms with Gasteiger partial charge in [0, 0.05) is 26.1 Å². The second-order valence-corrected chi connectivity index (χ2v) is 7.75. The van der Waals surface area contributed by atoms with Crippen LogP contribution in [0.4, 0.5) is 0 Å². The summed E-state index contributed by atoms with van der Waals surface area (Å²) in [4.78, 5) is 14.7. The fourth-order valence-electron chi connectivity index (χ4n) is 3.79. The van der Waals surface area contributed by atoms with E-state index < -0.39 is 0 Å². The van der Waals surface area contributed by atoms with E-state index in [1.54, 1.807) is 0 Å². The van der Waals surface area contributed by atoms with Crippen LogP contribution in [0.1, 0.15) is 65.2 Å². The van der Waals surface area contributed by atoms with E-state index >= 15 is 0 Å². The van der Waals surface area contributed by atoms with Crippen LogP contribution in [0.3, 0.4) is 0 Å². The number of rotatable bonds is 6. The summed E-state index contributed by atoms with van der Waals surface area (Å²) < 4.78 is 5.91. The molecule has 22 heavy (non-hydrogen) atoms. The topological polar surface area (TPSA) is 55.6 Å². The van der Waals surface area contributed by atoms with Crippen LogP contribution in [0.2, 0.25) is 0 Å². The van der Waals surface area contributed by atoms with Gasteiger partial charge in [-0.1, -0.05) is 33.1 Å². The molecule has 0 spiro atoms. The molecule has 4 nitrogen and oxygen atoms in total. The molecule has 0 aromatic carbocycles. The van der Waals surface area contributed by atoms with Gasteiger partial charge < -0.3 is 15.4 Å². The van der Waals surface area contributed by atoms with Crippen LogP contribution in [-0.2, 0) is 9.53 Å². The maximum absolute atomic E-state index is 12.6. The number of piperidine rings is 1. The third kappa shape index (κ3) is 4.95. The van der Waals surface area contributed by atoms with Gasteiger partial charge in [-0.2, -0.15) is 0 Å². The second-order valence-electron chi connectivity index (χ2n) is 7.75. The van der Waals surface area contributed by atoms with Gasteiger partial charge in [0.15, 0.2) is 0 Å². The Hall–Kier alpha value is -0.610. The lowest BCUT2D eigenvalue weighted by molar-refractivity contribution is -0.137. The number of likely N-dealkylation sites (tertiary alicyclic amines) is 1. The molecule has 0 aromatic heterocycles. The SMILES string of the molecule is CC(C)COC1CCN(C(=O)CC2(CN)CCCCC2)CC1. The highest BCUT2D eigenvalue weighted by atomic mass is 16.5. The Bertz CT molecular complexity index is 343. The third-order valence-electron chi connectivity index (χ3n) is 5.33. The summed E-state index contributed by atoms with van der Waals surface area (Å²) in [6, 6.07) is 0. The third-order valence-corrected chi connectivity index (χ3v) is 5.33. The van der Waals surface area contributed by atoms with E-state index in [9.17, 15) is 4.79 Å². The van der Waals surface area contributed by atoms with Crippen molar-refractivity contribution in [2.45, 2.75) is 71.3 Å². The predicted octanol–water partition coefficient (Wildman–Crippen LogP) is 2.95. The maximum Gasteiger partial charge on any atom is 0.223 e. The summed E-state index contributed by atoms with van der Waals surface area (Å²) in [5, 5.41) is 0. The minimum absolute atomic E-state index is 0.0837. The fourth-order valence-corrected chi connectivity index (χ4v) is 3.79. The van der Waals surface area contributed by atoms with Gasteiger partial charge in [0.05, 0.1) is 6.10 Å². The van der Waals surface area contributed by atoms with Crippen LogP contribution in [0.5, 0.6) is 0 Å². The molecular formula is C18H34N2O2. The van der Waals surface area contributed by atoms with E-state index in [0.29, 0.717) is 30.9 Å². The Morgan fingerprint density at radius 3 is 2.41 bits per heavy atom. The standard InChI is InChI=1S/C18H34N2O2/c1-15(2)13-22-16-6-10-20(11-7-16)17(21)12-18(14-19)8-4-3-5-9-18/h15-16H,3-14,19H2,1-2H3. The quantitative estimate of drug-likeness (QED) is 0.820.